The number of methoxy groups -OCH3 is 1. The fourth-order valence-corrected chi connectivity index (χ4v) is 3.29. The lowest BCUT2D eigenvalue weighted by Crippen LogP contribution is -2.59. The minimum absolute atomic E-state index is 0.388. The Morgan fingerprint density at radius 3 is 2.36 bits per heavy atom. The highest BCUT2D eigenvalue weighted by molar-refractivity contribution is 5.51. The molecule has 0 aromatic heterocycles. The van der Waals surface area contributed by atoms with Gasteiger partial charge in [0.05, 0.1) is 13.2 Å². The Labute approximate surface area is 191 Å². The van der Waals surface area contributed by atoms with Crippen LogP contribution < -0.4 is 9.47 Å². The number of hydrogen-bond donors (Lipinski definition) is 3. The molecule has 1 aliphatic heterocycles. The largest absolute Gasteiger partial charge is 0.497 e. The zero-order valence-corrected chi connectivity index (χ0v) is 18.6. The number of rotatable bonds is 9. The van der Waals surface area contributed by atoms with Crippen molar-refractivity contribution in [3.05, 3.63) is 65.4 Å². The van der Waals surface area contributed by atoms with E-state index in [0.29, 0.717) is 12.2 Å². The molecule has 2 aromatic rings. The average Bonchev–Trinajstić information content (AvgIpc) is 2.82. The Hall–Kier alpha value is -2.91. The Morgan fingerprint density at radius 2 is 1.73 bits per heavy atom. The Bertz CT molecular complexity index is 953. The van der Waals surface area contributed by atoms with Crippen LogP contribution in [0.25, 0.3) is 0 Å². The van der Waals surface area contributed by atoms with Gasteiger partial charge < -0.3 is 34.4 Å². The Kier molecular flexibility index (Phi) is 8.46. The van der Waals surface area contributed by atoms with E-state index in [1.54, 1.807) is 33.1 Å². The van der Waals surface area contributed by atoms with Crippen LogP contribution in [0.2, 0.25) is 0 Å². The highest BCUT2D eigenvalue weighted by Crippen LogP contribution is 2.30. The summed E-state index contributed by atoms with van der Waals surface area (Å²) in [4.78, 5) is 21.2. The van der Waals surface area contributed by atoms with Gasteiger partial charge in [0.2, 0.25) is 6.29 Å². The topological polar surface area (TPSA) is 124 Å². The molecule has 3 rings (SSSR count). The van der Waals surface area contributed by atoms with E-state index < -0.39 is 36.5 Å². The molecule has 0 unspecified atom stereocenters. The molecule has 9 heteroatoms. The van der Waals surface area contributed by atoms with E-state index in [2.05, 4.69) is 0 Å². The summed E-state index contributed by atoms with van der Waals surface area (Å²) in [6.07, 6.45) is -7.67. The van der Waals surface area contributed by atoms with Gasteiger partial charge in [-0.1, -0.05) is 30.3 Å². The van der Waals surface area contributed by atoms with Gasteiger partial charge in [0.25, 0.3) is 5.76 Å². The third kappa shape index (κ3) is 6.11. The first-order chi connectivity index (χ1) is 15.8. The summed E-state index contributed by atoms with van der Waals surface area (Å²) < 4.78 is 16.7. The van der Waals surface area contributed by atoms with E-state index in [1.807, 2.05) is 36.4 Å². The molecule has 2 aromatic carbocycles. The van der Waals surface area contributed by atoms with Gasteiger partial charge in [-0.2, -0.15) is 4.89 Å². The molecular formula is C24H28O9. The Morgan fingerprint density at radius 1 is 1.03 bits per heavy atom. The molecular weight excluding hydrogens is 432 g/mol. The molecule has 1 heterocycles. The maximum absolute atomic E-state index is 11.4. The normalized spacial score (nSPS) is 24.8. The van der Waals surface area contributed by atoms with Crippen molar-refractivity contribution in [1.29, 1.82) is 0 Å². The standard InChI is InChI=1S/C24H28O9/c1-14(2)32-33-19(13-25)23-21(27)20(26)22(28)24(31-23)30-18-7-5-4-6-16(18)12-15-8-10-17(29-3)11-9-15/h4-11,14,20-24,26-28H,12H2,1-3H3/t20-,21-,22+,23+,24+/m0/s1. The van der Waals surface area contributed by atoms with Crippen molar-refractivity contribution >= 4 is 5.94 Å². The first-order valence-electron chi connectivity index (χ1n) is 10.5. The third-order valence-electron chi connectivity index (χ3n) is 5.03. The van der Waals surface area contributed by atoms with Gasteiger partial charge >= 0.3 is 0 Å². The van der Waals surface area contributed by atoms with Gasteiger partial charge in [-0.25, -0.2) is 4.79 Å². The number of aliphatic hydroxyl groups is 3. The van der Waals surface area contributed by atoms with Crippen molar-refractivity contribution in [2.45, 2.75) is 57.1 Å². The molecule has 178 valence electrons. The van der Waals surface area contributed by atoms with Crippen LogP contribution in [-0.4, -0.2) is 65.2 Å². The second kappa shape index (κ2) is 11.3. The van der Waals surface area contributed by atoms with Crippen LogP contribution in [0.3, 0.4) is 0 Å². The van der Waals surface area contributed by atoms with Gasteiger partial charge in [-0.15, -0.1) is 0 Å². The van der Waals surface area contributed by atoms with E-state index in [0.717, 1.165) is 16.9 Å². The monoisotopic (exact) mass is 460 g/mol. The summed E-state index contributed by atoms with van der Waals surface area (Å²) in [7, 11) is 1.59. The van der Waals surface area contributed by atoms with Crippen molar-refractivity contribution in [1.82, 2.24) is 0 Å². The van der Waals surface area contributed by atoms with Crippen molar-refractivity contribution in [2.24, 2.45) is 0 Å². The predicted octanol–water partition coefficient (Wildman–Crippen LogP) is 1.54. The fourth-order valence-electron chi connectivity index (χ4n) is 3.29. The van der Waals surface area contributed by atoms with Gasteiger partial charge in [0.1, 0.15) is 29.8 Å². The molecule has 5 atom stereocenters. The smallest absolute Gasteiger partial charge is 0.256 e. The van der Waals surface area contributed by atoms with Gasteiger partial charge in [0.15, 0.2) is 12.0 Å². The second-order valence-electron chi connectivity index (χ2n) is 7.84. The molecule has 0 saturated carbocycles. The quantitative estimate of drug-likeness (QED) is 0.221. The number of carbonyl (C=O) groups excluding carboxylic acids is 1. The molecule has 33 heavy (non-hydrogen) atoms. The predicted molar refractivity (Wildman–Crippen MR) is 116 cm³/mol. The second-order valence-corrected chi connectivity index (χ2v) is 7.84. The van der Waals surface area contributed by atoms with Crippen molar-refractivity contribution < 1.29 is 44.1 Å². The molecule has 3 N–H and O–H groups in total. The SMILES string of the molecule is COc1ccc(Cc2ccccc2O[C@@H]2O[C@H](C(=C=O)OOC(C)C)[C@@H](O)[C@H](O)[C@H]2O)cc1. The highest BCUT2D eigenvalue weighted by atomic mass is 17.2. The molecule has 1 aliphatic rings. The zero-order chi connectivity index (χ0) is 24.0. The molecule has 9 nitrogen and oxygen atoms in total. The van der Waals surface area contributed by atoms with Crippen molar-refractivity contribution in [3.63, 3.8) is 0 Å². The van der Waals surface area contributed by atoms with Gasteiger partial charge in [0, 0.05) is 6.42 Å². The van der Waals surface area contributed by atoms with Crippen LogP contribution in [0.1, 0.15) is 25.0 Å². The average molecular weight is 460 g/mol. The maximum atomic E-state index is 11.4. The minimum atomic E-state index is -1.67. The molecule has 0 spiro atoms. The van der Waals surface area contributed by atoms with Gasteiger partial charge in [-0.05, 0) is 43.2 Å². The van der Waals surface area contributed by atoms with E-state index >= 15 is 0 Å². The highest BCUT2D eigenvalue weighted by Gasteiger charge is 2.48. The van der Waals surface area contributed by atoms with Crippen LogP contribution in [-0.2, 0) is 25.7 Å². The summed E-state index contributed by atoms with van der Waals surface area (Å²) in [6.45, 7) is 3.34. The van der Waals surface area contributed by atoms with Gasteiger partial charge in [-0.3, -0.25) is 0 Å². The molecule has 0 radical (unpaired) electrons. The van der Waals surface area contributed by atoms with Crippen molar-refractivity contribution in [2.75, 3.05) is 7.11 Å². The number of para-hydroxylation sites is 1. The third-order valence-corrected chi connectivity index (χ3v) is 5.03. The van der Waals surface area contributed by atoms with E-state index in [1.165, 1.54) is 5.94 Å². The number of benzene rings is 2. The minimum Gasteiger partial charge on any atom is -0.497 e. The lowest BCUT2D eigenvalue weighted by atomic mass is 9.98. The number of ether oxygens (including phenoxy) is 3. The molecule has 1 fully saturated rings. The summed E-state index contributed by atoms with van der Waals surface area (Å²) in [5.41, 5.74) is 1.79. The molecule has 1 saturated heterocycles. The summed E-state index contributed by atoms with van der Waals surface area (Å²) in [5, 5.41) is 31.1. The first kappa shape index (κ1) is 24.7. The van der Waals surface area contributed by atoms with Crippen LogP contribution in [0.4, 0.5) is 0 Å². The van der Waals surface area contributed by atoms with E-state index in [9.17, 15) is 20.1 Å². The number of hydrogen-bond acceptors (Lipinski definition) is 9. The number of aliphatic hydroxyl groups excluding tert-OH is 3. The first-order valence-corrected chi connectivity index (χ1v) is 10.5. The fraction of sp³-hybridized carbons (Fsp3) is 0.417. The summed E-state index contributed by atoms with van der Waals surface area (Å²) in [6, 6.07) is 14.7. The summed E-state index contributed by atoms with van der Waals surface area (Å²) >= 11 is 0. The van der Waals surface area contributed by atoms with Crippen LogP contribution in [0, 0.1) is 0 Å². The van der Waals surface area contributed by atoms with Crippen molar-refractivity contribution in [3.8, 4) is 11.5 Å². The Balaban J connectivity index is 1.79. The zero-order valence-electron chi connectivity index (χ0n) is 18.6. The lowest BCUT2D eigenvalue weighted by Gasteiger charge is -2.39. The van der Waals surface area contributed by atoms with Crippen LogP contribution in [0.15, 0.2) is 54.3 Å². The van der Waals surface area contributed by atoms with E-state index in [-0.39, 0.29) is 6.10 Å². The lowest BCUT2D eigenvalue weighted by molar-refractivity contribution is -0.321. The maximum Gasteiger partial charge on any atom is 0.256 e. The van der Waals surface area contributed by atoms with Crippen LogP contribution >= 0.6 is 0 Å². The molecule has 0 aliphatic carbocycles. The van der Waals surface area contributed by atoms with E-state index in [4.69, 9.17) is 24.0 Å². The molecule has 0 amide bonds. The van der Waals surface area contributed by atoms with Crippen LogP contribution in [0.5, 0.6) is 11.5 Å². The molecule has 0 bridgehead atoms. The summed E-state index contributed by atoms with van der Waals surface area (Å²) in [5.74, 6) is 2.13.